The van der Waals surface area contributed by atoms with Gasteiger partial charge in [0.05, 0.1) is 13.2 Å². The molecule has 1 atom stereocenters. The van der Waals surface area contributed by atoms with E-state index >= 15 is 0 Å². The number of piperidine rings is 1. The first-order valence-electron chi connectivity index (χ1n) is 9.96. The summed E-state index contributed by atoms with van der Waals surface area (Å²) < 4.78 is 11.0. The molecular weight excluding hydrogens is 304 g/mol. The van der Waals surface area contributed by atoms with E-state index in [2.05, 4.69) is 5.32 Å². The summed E-state index contributed by atoms with van der Waals surface area (Å²) in [7, 11) is 0. The molecule has 1 aliphatic carbocycles. The Labute approximate surface area is 146 Å². The lowest BCUT2D eigenvalue weighted by Crippen LogP contribution is -2.48. The minimum atomic E-state index is 0.116. The molecule has 138 valence electrons. The van der Waals surface area contributed by atoms with Crippen LogP contribution in [0.5, 0.6) is 0 Å². The molecule has 5 nitrogen and oxygen atoms in total. The lowest BCUT2D eigenvalue weighted by Gasteiger charge is -2.44. The number of rotatable bonds is 6. The van der Waals surface area contributed by atoms with Crippen LogP contribution in [0.2, 0.25) is 0 Å². The van der Waals surface area contributed by atoms with Crippen molar-refractivity contribution in [3.63, 3.8) is 0 Å². The van der Waals surface area contributed by atoms with E-state index in [0.717, 1.165) is 52.4 Å². The smallest absolute Gasteiger partial charge is 0.317 e. The van der Waals surface area contributed by atoms with Gasteiger partial charge in [0.1, 0.15) is 0 Å². The molecule has 2 aliphatic heterocycles. The minimum Gasteiger partial charge on any atom is -0.381 e. The second kappa shape index (κ2) is 9.04. The molecule has 0 aromatic rings. The number of nitrogens with zero attached hydrogens (tertiary/aromatic N) is 1. The van der Waals surface area contributed by atoms with Gasteiger partial charge in [-0.15, -0.1) is 0 Å². The van der Waals surface area contributed by atoms with Crippen molar-refractivity contribution in [2.45, 2.75) is 57.8 Å². The molecule has 3 fully saturated rings. The van der Waals surface area contributed by atoms with Gasteiger partial charge in [-0.1, -0.05) is 19.3 Å². The van der Waals surface area contributed by atoms with Crippen LogP contribution < -0.4 is 5.32 Å². The molecule has 1 saturated carbocycles. The van der Waals surface area contributed by atoms with Gasteiger partial charge in [-0.05, 0) is 43.9 Å². The Morgan fingerprint density at radius 1 is 1.17 bits per heavy atom. The molecule has 0 radical (unpaired) electrons. The molecule has 0 bridgehead atoms. The first-order valence-corrected chi connectivity index (χ1v) is 9.96. The van der Waals surface area contributed by atoms with Crippen LogP contribution >= 0.6 is 0 Å². The normalized spacial score (nSPS) is 26.7. The monoisotopic (exact) mass is 338 g/mol. The van der Waals surface area contributed by atoms with Crippen LogP contribution in [0.3, 0.4) is 0 Å². The number of nitrogens with one attached hydrogen (secondary N) is 1. The van der Waals surface area contributed by atoms with Gasteiger partial charge in [-0.3, -0.25) is 0 Å². The van der Waals surface area contributed by atoms with Gasteiger partial charge in [0, 0.05) is 38.8 Å². The zero-order chi connectivity index (χ0) is 16.7. The van der Waals surface area contributed by atoms with Crippen LogP contribution in [0.4, 0.5) is 4.79 Å². The summed E-state index contributed by atoms with van der Waals surface area (Å²) in [6.07, 6.45) is 11.3. The average Bonchev–Trinajstić information content (AvgIpc) is 3.12. The number of hydrogen-bond acceptors (Lipinski definition) is 3. The predicted molar refractivity (Wildman–Crippen MR) is 94.1 cm³/mol. The van der Waals surface area contributed by atoms with E-state index in [-0.39, 0.29) is 6.03 Å². The summed E-state index contributed by atoms with van der Waals surface area (Å²) in [5, 5.41) is 3.05. The van der Waals surface area contributed by atoms with Crippen molar-refractivity contribution in [1.82, 2.24) is 10.2 Å². The highest BCUT2D eigenvalue weighted by Gasteiger charge is 2.36. The van der Waals surface area contributed by atoms with E-state index in [0.29, 0.717) is 17.9 Å². The first kappa shape index (κ1) is 18.0. The van der Waals surface area contributed by atoms with Gasteiger partial charge >= 0.3 is 6.03 Å². The van der Waals surface area contributed by atoms with Crippen molar-refractivity contribution in [2.24, 2.45) is 11.3 Å². The molecule has 3 rings (SSSR count). The van der Waals surface area contributed by atoms with Crippen LogP contribution in [-0.4, -0.2) is 57.0 Å². The lowest BCUT2D eigenvalue weighted by molar-refractivity contribution is 0.0792. The molecular formula is C19H34N2O3. The van der Waals surface area contributed by atoms with E-state index in [9.17, 15) is 4.79 Å². The summed E-state index contributed by atoms with van der Waals surface area (Å²) in [6, 6.07) is 0.116. The van der Waals surface area contributed by atoms with Crippen LogP contribution in [0.1, 0.15) is 57.8 Å². The third-order valence-electron chi connectivity index (χ3n) is 6.14. The highest BCUT2D eigenvalue weighted by Crippen LogP contribution is 2.44. The quantitative estimate of drug-likeness (QED) is 0.757. The fraction of sp³-hybridized carbons (Fsp3) is 0.947. The second-order valence-electron chi connectivity index (χ2n) is 7.94. The average molecular weight is 338 g/mol. The summed E-state index contributed by atoms with van der Waals surface area (Å²) >= 11 is 0. The molecule has 0 unspecified atom stereocenters. The Bertz CT molecular complexity index is 380. The summed E-state index contributed by atoms with van der Waals surface area (Å²) in [5.74, 6) is 0.569. The number of urea groups is 1. The molecule has 24 heavy (non-hydrogen) atoms. The number of amides is 2. The molecule has 0 aromatic heterocycles. The topological polar surface area (TPSA) is 50.8 Å². The number of carbonyl (C=O) groups is 1. The zero-order valence-electron chi connectivity index (χ0n) is 15.1. The second-order valence-corrected chi connectivity index (χ2v) is 7.94. The van der Waals surface area contributed by atoms with E-state index in [1.165, 1.54) is 44.9 Å². The Morgan fingerprint density at radius 3 is 2.67 bits per heavy atom. The number of ether oxygens (including phenoxy) is 2. The van der Waals surface area contributed by atoms with Crippen LogP contribution in [0, 0.1) is 11.3 Å². The maximum absolute atomic E-state index is 12.3. The Hall–Kier alpha value is -0.810. The maximum atomic E-state index is 12.3. The van der Waals surface area contributed by atoms with Gasteiger partial charge in [-0.2, -0.15) is 0 Å². The van der Waals surface area contributed by atoms with Crippen LogP contribution in [0.25, 0.3) is 0 Å². The summed E-state index contributed by atoms with van der Waals surface area (Å²) in [6.45, 7) is 5.81. The number of carbonyl (C=O) groups excluding carboxylic acids is 1. The van der Waals surface area contributed by atoms with E-state index in [4.69, 9.17) is 9.47 Å². The van der Waals surface area contributed by atoms with E-state index in [1.807, 2.05) is 4.90 Å². The van der Waals surface area contributed by atoms with Crippen molar-refractivity contribution in [2.75, 3.05) is 46.1 Å². The molecule has 2 amide bonds. The molecule has 3 aliphatic rings. The van der Waals surface area contributed by atoms with Gasteiger partial charge in [0.2, 0.25) is 0 Å². The zero-order valence-corrected chi connectivity index (χ0v) is 15.1. The molecule has 5 heteroatoms. The molecule has 0 aromatic carbocycles. The standard InChI is InChI=1S/C19H34N2O3/c22-18(20-10-4-13-23-15-17-5-14-24-16-17)21-11-8-19(9-12-21)6-2-1-3-7-19/h17H,1-16H2,(H,20,22)/t17-/m0/s1. The Balaban J connectivity index is 1.23. The highest BCUT2D eigenvalue weighted by molar-refractivity contribution is 5.74. The Morgan fingerprint density at radius 2 is 1.96 bits per heavy atom. The number of likely N-dealkylation sites (tertiary alicyclic amines) is 1. The lowest BCUT2D eigenvalue weighted by atomic mass is 9.68. The van der Waals surface area contributed by atoms with Crippen molar-refractivity contribution >= 4 is 6.03 Å². The summed E-state index contributed by atoms with van der Waals surface area (Å²) in [5.41, 5.74) is 0.562. The molecule has 1 N–H and O–H groups in total. The van der Waals surface area contributed by atoms with Crippen molar-refractivity contribution < 1.29 is 14.3 Å². The van der Waals surface area contributed by atoms with Crippen LogP contribution in [-0.2, 0) is 9.47 Å². The van der Waals surface area contributed by atoms with Crippen molar-refractivity contribution in [3.8, 4) is 0 Å². The Kier molecular flexibility index (Phi) is 6.78. The van der Waals surface area contributed by atoms with E-state index < -0.39 is 0 Å². The van der Waals surface area contributed by atoms with Gasteiger partial charge in [0.15, 0.2) is 0 Å². The fourth-order valence-electron chi connectivity index (χ4n) is 4.43. The first-order chi connectivity index (χ1) is 11.8. The molecule has 1 spiro atoms. The summed E-state index contributed by atoms with van der Waals surface area (Å²) in [4.78, 5) is 14.3. The molecule has 2 saturated heterocycles. The third-order valence-corrected chi connectivity index (χ3v) is 6.14. The van der Waals surface area contributed by atoms with Gasteiger partial charge in [-0.25, -0.2) is 4.79 Å². The van der Waals surface area contributed by atoms with Crippen molar-refractivity contribution in [3.05, 3.63) is 0 Å². The predicted octanol–water partition coefficient (Wildman–Crippen LogP) is 3.19. The maximum Gasteiger partial charge on any atom is 0.317 e. The van der Waals surface area contributed by atoms with Gasteiger partial charge in [0.25, 0.3) is 0 Å². The minimum absolute atomic E-state index is 0.116. The van der Waals surface area contributed by atoms with Gasteiger partial charge < -0.3 is 19.7 Å². The third kappa shape index (κ3) is 5.09. The van der Waals surface area contributed by atoms with E-state index in [1.54, 1.807) is 0 Å². The fourth-order valence-corrected chi connectivity index (χ4v) is 4.43. The SMILES string of the molecule is O=C(NCCCOC[C@@H]1CCOC1)N1CCC2(CCCCC2)CC1. The number of hydrogen-bond donors (Lipinski definition) is 1. The highest BCUT2D eigenvalue weighted by atomic mass is 16.5. The molecule has 2 heterocycles. The largest absolute Gasteiger partial charge is 0.381 e. The van der Waals surface area contributed by atoms with Crippen LogP contribution in [0.15, 0.2) is 0 Å². The van der Waals surface area contributed by atoms with Crippen molar-refractivity contribution in [1.29, 1.82) is 0 Å².